The van der Waals surface area contributed by atoms with E-state index in [0.717, 1.165) is 18.6 Å². The zero-order valence-electron chi connectivity index (χ0n) is 14.4. The smallest absolute Gasteiger partial charge is 0.227 e. The quantitative estimate of drug-likeness (QED) is 0.789. The summed E-state index contributed by atoms with van der Waals surface area (Å²) >= 11 is 0. The molecular formula is C18H23F3N2O2. The third kappa shape index (κ3) is 4.74. The number of amides is 2. The standard InChI is InChI=1S/C18H23F3N2O2/c1-3-10(2)22-17(24)11-4-6-12(7-5-11)18(25)23-14-9-8-13(19)15(20)16(14)21/h8-12H,3-7H2,1-2H3,(H,22,24)(H,23,25). The van der Waals surface area contributed by atoms with E-state index in [-0.39, 0.29) is 29.5 Å². The van der Waals surface area contributed by atoms with Crippen LogP contribution in [0, 0.1) is 29.3 Å². The maximum Gasteiger partial charge on any atom is 0.227 e. The van der Waals surface area contributed by atoms with Gasteiger partial charge in [-0.1, -0.05) is 6.92 Å². The number of benzene rings is 1. The van der Waals surface area contributed by atoms with Crippen molar-refractivity contribution in [2.45, 2.75) is 52.0 Å². The maximum absolute atomic E-state index is 13.6. The van der Waals surface area contributed by atoms with E-state index in [1.54, 1.807) is 0 Å². The van der Waals surface area contributed by atoms with Crippen molar-refractivity contribution in [2.24, 2.45) is 11.8 Å². The van der Waals surface area contributed by atoms with Crippen LogP contribution in [0.25, 0.3) is 0 Å². The molecule has 1 saturated carbocycles. The van der Waals surface area contributed by atoms with Crippen LogP contribution in [0.3, 0.4) is 0 Å². The lowest BCUT2D eigenvalue weighted by Gasteiger charge is -2.28. The molecule has 2 amide bonds. The second-order valence-corrected chi connectivity index (χ2v) is 6.58. The summed E-state index contributed by atoms with van der Waals surface area (Å²) in [4.78, 5) is 24.3. The van der Waals surface area contributed by atoms with Crippen molar-refractivity contribution in [3.05, 3.63) is 29.6 Å². The molecule has 2 N–H and O–H groups in total. The Labute approximate surface area is 145 Å². The van der Waals surface area contributed by atoms with E-state index in [9.17, 15) is 22.8 Å². The lowest BCUT2D eigenvalue weighted by Crippen LogP contribution is -2.39. The number of nitrogens with one attached hydrogen (secondary N) is 2. The molecule has 4 nitrogen and oxygen atoms in total. The van der Waals surface area contributed by atoms with Crippen LogP contribution in [0.5, 0.6) is 0 Å². The van der Waals surface area contributed by atoms with Gasteiger partial charge in [-0.3, -0.25) is 9.59 Å². The second-order valence-electron chi connectivity index (χ2n) is 6.58. The second kappa shape index (κ2) is 8.36. The first-order chi connectivity index (χ1) is 11.8. The fourth-order valence-corrected chi connectivity index (χ4v) is 2.94. The van der Waals surface area contributed by atoms with Gasteiger partial charge in [0.25, 0.3) is 0 Å². The highest BCUT2D eigenvalue weighted by Crippen LogP contribution is 2.30. The molecule has 0 heterocycles. The zero-order chi connectivity index (χ0) is 18.6. The minimum Gasteiger partial charge on any atom is -0.353 e. The van der Waals surface area contributed by atoms with Gasteiger partial charge in [0.15, 0.2) is 17.5 Å². The molecule has 1 atom stereocenters. The number of hydrogen-bond acceptors (Lipinski definition) is 2. The van der Waals surface area contributed by atoms with Crippen molar-refractivity contribution in [2.75, 3.05) is 5.32 Å². The first-order valence-electron chi connectivity index (χ1n) is 8.58. The van der Waals surface area contributed by atoms with Crippen LogP contribution in [-0.4, -0.2) is 17.9 Å². The van der Waals surface area contributed by atoms with E-state index >= 15 is 0 Å². The van der Waals surface area contributed by atoms with Gasteiger partial charge in [0.1, 0.15) is 0 Å². The Bertz CT molecular complexity index is 643. The van der Waals surface area contributed by atoms with Gasteiger partial charge < -0.3 is 10.6 Å². The summed E-state index contributed by atoms with van der Waals surface area (Å²) in [6.45, 7) is 3.93. The van der Waals surface area contributed by atoms with Crippen molar-refractivity contribution in [1.82, 2.24) is 5.32 Å². The van der Waals surface area contributed by atoms with Crippen LogP contribution in [0.15, 0.2) is 12.1 Å². The molecule has 0 aromatic heterocycles. The van der Waals surface area contributed by atoms with E-state index in [0.29, 0.717) is 25.7 Å². The van der Waals surface area contributed by atoms with Gasteiger partial charge in [-0.05, 0) is 51.2 Å². The number of carbonyl (C=O) groups is 2. The largest absolute Gasteiger partial charge is 0.353 e. The predicted molar refractivity (Wildman–Crippen MR) is 88.3 cm³/mol. The van der Waals surface area contributed by atoms with E-state index in [1.165, 1.54) is 0 Å². The van der Waals surface area contributed by atoms with Crippen molar-refractivity contribution >= 4 is 17.5 Å². The first-order valence-corrected chi connectivity index (χ1v) is 8.58. The van der Waals surface area contributed by atoms with Crippen LogP contribution in [0.2, 0.25) is 0 Å². The summed E-state index contributed by atoms with van der Waals surface area (Å²) in [7, 11) is 0. The summed E-state index contributed by atoms with van der Waals surface area (Å²) in [6, 6.07) is 1.88. The molecule has 25 heavy (non-hydrogen) atoms. The van der Waals surface area contributed by atoms with Crippen molar-refractivity contribution in [3.8, 4) is 0 Å². The summed E-state index contributed by atoms with van der Waals surface area (Å²) in [5.41, 5.74) is -0.375. The molecule has 1 unspecified atom stereocenters. The van der Waals surface area contributed by atoms with Crippen LogP contribution in [-0.2, 0) is 9.59 Å². The molecule has 0 radical (unpaired) electrons. The molecule has 1 fully saturated rings. The molecule has 0 aliphatic heterocycles. The molecule has 1 aromatic rings. The van der Waals surface area contributed by atoms with Gasteiger partial charge in [-0.25, -0.2) is 13.2 Å². The number of anilines is 1. The van der Waals surface area contributed by atoms with Crippen molar-refractivity contribution in [3.63, 3.8) is 0 Å². The summed E-state index contributed by atoms with van der Waals surface area (Å²) < 4.78 is 39.8. The van der Waals surface area contributed by atoms with Gasteiger partial charge in [0.2, 0.25) is 11.8 Å². The average Bonchev–Trinajstić information content (AvgIpc) is 2.62. The van der Waals surface area contributed by atoms with Crippen molar-refractivity contribution < 1.29 is 22.8 Å². The fourth-order valence-electron chi connectivity index (χ4n) is 2.94. The Kier molecular flexibility index (Phi) is 6.45. The van der Waals surface area contributed by atoms with E-state index < -0.39 is 23.4 Å². The molecule has 138 valence electrons. The van der Waals surface area contributed by atoms with Gasteiger partial charge in [-0.2, -0.15) is 0 Å². The monoisotopic (exact) mass is 356 g/mol. The van der Waals surface area contributed by atoms with Gasteiger partial charge >= 0.3 is 0 Å². The summed E-state index contributed by atoms with van der Waals surface area (Å²) in [5, 5.41) is 5.25. The Balaban J connectivity index is 1.89. The molecule has 0 bridgehead atoms. The molecular weight excluding hydrogens is 333 g/mol. The highest BCUT2D eigenvalue weighted by atomic mass is 19.2. The lowest BCUT2D eigenvalue weighted by molar-refractivity contribution is -0.129. The topological polar surface area (TPSA) is 58.2 Å². The Morgan fingerprint density at radius 3 is 2.16 bits per heavy atom. The van der Waals surface area contributed by atoms with E-state index in [1.807, 2.05) is 13.8 Å². The molecule has 0 spiro atoms. The van der Waals surface area contributed by atoms with Crippen LogP contribution >= 0.6 is 0 Å². The minimum absolute atomic E-state index is 0.000131. The number of halogens is 3. The van der Waals surface area contributed by atoms with E-state index in [2.05, 4.69) is 10.6 Å². The highest BCUT2D eigenvalue weighted by Gasteiger charge is 2.30. The predicted octanol–water partition coefficient (Wildman–Crippen LogP) is 3.76. The SMILES string of the molecule is CCC(C)NC(=O)C1CCC(C(=O)Nc2ccc(F)c(F)c2F)CC1. The first kappa shape index (κ1) is 19.3. The number of rotatable bonds is 5. The highest BCUT2D eigenvalue weighted by molar-refractivity contribution is 5.93. The normalized spacial score (nSPS) is 21.5. The van der Waals surface area contributed by atoms with Crippen molar-refractivity contribution in [1.29, 1.82) is 0 Å². The Hall–Kier alpha value is -2.05. The average molecular weight is 356 g/mol. The van der Waals surface area contributed by atoms with Crippen LogP contribution in [0.1, 0.15) is 46.0 Å². The summed E-state index contributed by atoms with van der Waals surface area (Å²) in [5.74, 6) is -5.26. The number of carbonyl (C=O) groups excluding carboxylic acids is 2. The maximum atomic E-state index is 13.6. The third-order valence-corrected chi connectivity index (χ3v) is 4.76. The number of hydrogen-bond donors (Lipinski definition) is 2. The van der Waals surface area contributed by atoms with Gasteiger partial charge in [0, 0.05) is 17.9 Å². The molecule has 2 rings (SSSR count). The van der Waals surface area contributed by atoms with Crippen LogP contribution in [0.4, 0.5) is 18.9 Å². The Morgan fingerprint density at radius 1 is 1.04 bits per heavy atom. The van der Waals surface area contributed by atoms with Gasteiger partial charge in [-0.15, -0.1) is 0 Å². The Morgan fingerprint density at radius 2 is 1.60 bits per heavy atom. The molecule has 1 aromatic carbocycles. The molecule has 0 saturated heterocycles. The summed E-state index contributed by atoms with van der Waals surface area (Å²) in [6.07, 6.45) is 2.98. The molecule has 1 aliphatic rings. The minimum atomic E-state index is -1.61. The zero-order valence-corrected chi connectivity index (χ0v) is 14.4. The van der Waals surface area contributed by atoms with E-state index in [4.69, 9.17) is 0 Å². The molecule has 7 heteroatoms. The van der Waals surface area contributed by atoms with Crippen LogP contribution < -0.4 is 10.6 Å². The molecule has 1 aliphatic carbocycles. The lowest BCUT2D eigenvalue weighted by atomic mass is 9.81. The fraction of sp³-hybridized carbons (Fsp3) is 0.556. The third-order valence-electron chi connectivity index (χ3n) is 4.76. The van der Waals surface area contributed by atoms with Gasteiger partial charge in [0.05, 0.1) is 5.69 Å².